The average molecular weight is 621 g/mol. The minimum atomic E-state index is -0.421. The van der Waals surface area contributed by atoms with E-state index in [9.17, 15) is 9.59 Å². The normalized spacial score (nSPS) is 12.3. The van der Waals surface area contributed by atoms with Crippen LogP contribution in [0.2, 0.25) is 0 Å². The summed E-state index contributed by atoms with van der Waals surface area (Å²) in [5, 5.41) is 16.8. The number of methoxy groups -OCH3 is 1. The minimum Gasteiger partial charge on any atom is -0.494 e. The number of carbonyl (C=O) groups is 2. The fourth-order valence-corrected chi connectivity index (χ4v) is 5.21. The van der Waals surface area contributed by atoms with Crippen molar-refractivity contribution >= 4 is 34.7 Å². The van der Waals surface area contributed by atoms with E-state index >= 15 is 0 Å². The predicted molar refractivity (Wildman–Crippen MR) is 180 cm³/mol. The van der Waals surface area contributed by atoms with Crippen LogP contribution >= 0.6 is 0 Å². The zero-order valence-electron chi connectivity index (χ0n) is 27.0. The van der Waals surface area contributed by atoms with Crippen LogP contribution in [-0.2, 0) is 17.8 Å². The second-order valence-electron chi connectivity index (χ2n) is 11.4. The van der Waals surface area contributed by atoms with Crippen molar-refractivity contribution in [3.8, 4) is 16.9 Å². The van der Waals surface area contributed by atoms with Crippen molar-refractivity contribution in [3.05, 3.63) is 89.6 Å². The Morgan fingerprint density at radius 2 is 1.87 bits per heavy atom. The number of carbonyl (C=O) groups excluding carboxylic acids is 2. The van der Waals surface area contributed by atoms with Crippen LogP contribution in [-0.4, -0.2) is 58.1 Å². The summed E-state index contributed by atoms with van der Waals surface area (Å²) in [6.07, 6.45) is 7.49. The topological polar surface area (TPSA) is 134 Å². The third-order valence-electron chi connectivity index (χ3n) is 7.90. The molecule has 1 aromatic carbocycles. The number of ether oxygens (including phenoxy) is 1. The van der Waals surface area contributed by atoms with Gasteiger partial charge in [0.2, 0.25) is 5.91 Å². The Hall–Kier alpha value is -5.32. The number of amides is 2. The zero-order chi connectivity index (χ0) is 32.8. The molecule has 0 saturated heterocycles. The monoisotopic (exact) mass is 620 g/mol. The van der Waals surface area contributed by atoms with Gasteiger partial charge in [0.05, 0.1) is 42.1 Å². The molecule has 4 aromatic rings. The van der Waals surface area contributed by atoms with Gasteiger partial charge < -0.3 is 25.6 Å². The van der Waals surface area contributed by atoms with Gasteiger partial charge in [-0.2, -0.15) is 0 Å². The molecule has 0 bridgehead atoms. The molecule has 5 rings (SSSR count). The van der Waals surface area contributed by atoms with Crippen LogP contribution in [0, 0.1) is 12.8 Å². The van der Waals surface area contributed by atoms with Crippen LogP contribution in [0.3, 0.4) is 0 Å². The molecular formula is C35H40N8O3. The van der Waals surface area contributed by atoms with Crippen molar-refractivity contribution in [1.82, 2.24) is 30.4 Å². The Labute approximate surface area is 269 Å². The SMILES string of the molecule is C=C(c1ccc(-c2c(C)ccc(Nc3cc(NC(=O)C4CC4)nnc3C(=O)NC)c2OC)cn1)N(C)Cc1cc(CCC)ccn1. The van der Waals surface area contributed by atoms with Crippen molar-refractivity contribution < 1.29 is 14.3 Å². The molecule has 3 heterocycles. The van der Waals surface area contributed by atoms with Crippen molar-refractivity contribution in [3.63, 3.8) is 0 Å². The Bertz CT molecular complexity index is 1750. The first-order valence-electron chi connectivity index (χ1n) is 15.4. The van der Waals surface area contributed by atoms with Crippen LogP contribution in [0.5, 0.6) is 5.75 Å². The molecule has 1 fully saturated rings. The average Bonchev–Trinajstić information content (AvgIpc) is 3.91. The first-order chi connectivity index (χ1) is 22.2. The van der Waals surface area contributed by atoms with E-state index in [4.69, 9.17) is 9.72 Å². The molecule has 1 aliphatic carbocycles. The molecule has 1 saturated carbocycles. The largest absolute Gasteiger partial charge is 0.494 e. The standard InChI is InChI=1S/C35H40N8O3/c1-7-8-23-15-16-37-26(17-23)20-43(5)22(3)27-14-12-25(19-38-27)31-21(2)9-13-28(33(31)46-6)39-29-18-30(40-34(44)24-10-11-24)41-42-32(29)35(45)36-4/h9,12-19,24H,3,7-8,10-11,20H2,1-2,4-6H3,(H,36,45)(H2,39,40,41,44). The van der Waals surface area contributed by atoms with Gasteiger partial charge in [0.1, 0.15) is 5.75 Å². The smallest absolute Gasteiger partial charge is 0.273 e. The second-order valence-corrected chi connectivity index (χ2v) is 11.4. The van der Waals surface area contributed by atoms with E-state index in [1.807, 2.05) is 49.3 Å². The molecule has 3 N–H and O–H groups in total. The van der Waals surface area contributed by atoms with Gasteiger partial charge in [-0.25, -0.2) is 0 Å². The van der Waals surface area contributed by atoms with E-state index in [1.165, 1.54) is 12.6 Å². The third kappa shape index (κ3) is 7.31. The summed E-state index contributed by atoms with van der Waals surface area (Å²) in [4.78, 5) is 36.4. The maximum absolute atomic E-state index is 12.7. The van der Waals surface area contributed by atoms with Crippen LogP contribution in [0.15, 0.2) is 61.4 Å². The predicted octanol–water partition coefficient (Wildman–Crippen LogP) is 5.76. The summed E-state index contributed by atoms with van der Waals surface area (Å²) >= 11 is 0. The van der Waals surface area contributed by atoms with E-state index in [-0.39, 0.29) is 23.3 Å². The van der Waals surface area contributed by atoms with Crippen LogP contribution < -0.4 is 20.7 Å². The molecule has 0 radical (unpaired) electrons. The summed E-state index contributed by atoms with van der Waals surface area (Å²) in [5.41, 5.74) is 7.52. The van der Waals surface area contributed by atoms with E-state index < -0.39 is 5.91 Å². The Kier molecular flexibility index (Phi) is 9.90. The van der Waals surface area contributed by atoms with Gasteiger partial charge >= 0.3 is 0 Å². The number of pyridine rings is 2. The Balaban J connectivity index is 1.40. The highest BCUT2D eigenvalue weighted by molar-refractivity contribution is 6.00. The molecule has 0 atom stereocenters. The molecule has 0 unspecified atom stereocenters. The molecule has 3 aromatic heterocycles. The minimum absolute atomic E-state index is 0.00577. The van der Waals surface area contributed by atoms with Gasteiger partial charge in [-0.3, -0.25) is 19.6 Å². The summed E-state index contributed by atoms with van der Waals surface area (Å²) in [6.45, 7) is 9.08. The van der Waals surface area contributed by atoms with Gasteiger partial charge in [0.15, 0.2) is 11.5 Å². The van der Waals surface area contributed by atoms with Crippen molar-refractivity contribution in [1.29, 1.82) is 0 Å². The van der Waals surface area contributed by atoms with Gasteiger partial charge in [-0.05, 0) is 61.6 Å². The van der Waals surface area contributed by atoms with Crippen molar-refractivity contribution in [2.75, 3.05) is 31.8 Å². The summed E-state index contributed by atoms with van der Waals surface area (Å²) in [5.74, 6) is 0.287. The van der Waals surface area contributed by atoms with Crippen molar-refractivity contribution in [2.24, 2.45) is 5.92 Å². The van der Waals surface area contributed by atoms with Gasteiger partial charge in [0, 0.05) is 49.6 Å². The third-order valence-corrected chi connectivity index (χ3v) is 7.90. The van der Waals surface area contributed by atoms with E-state index in [2.05, 4.69) is 56.8 Å². The summed E-state index contributed by atoms with van der Waals surface area (Å²) in [6, 6.07) is 13.6. The highest BCUT2D eigenvalue weighted by Gasteiger charge is 2.30. The number of anilines is 3. The molecule has 2 amide bonds. The number of benzene rings is 1. The number of aromatic nitrogens is 4. The maximum Gasteiger partial charge on any atom is 0.273 e. The van der Waals surface area contributed by atoms with Gasteiger partial charge in [-0.15, -0.1) is 10.2 Å². The highest BCUT2D eigenvalue weighted by atomic mass is 16.5. The summed E-state index contributed by atoms with van der Waals surface area (Å²) in [7, 11) is 5.10. The Morgan fingerprint density at radius 1 is 1.07 bits per heavy atom. The number of nitrogens with zero attached hydrogens (tertiary/aromatic N) is 5. The lowest BCUT2D eigenvalue weighted by Crippen LogP contribution is -2.22. The second kappa shape index (κ2) is 14.2. The van der Waals surface area contributed by atoms with E-state index in [0.717, 1.165) is 59.5 Å². The first kappa shape index (κ1) is 32.1. The molecule has 11 nitrogen and oxygen atoms in total. The number of aryl methyl sites for hydroxylation is 2. The maximum atomic E-state index is 12.7. The van der Waals surface area contributed by atoms with Gasteiger partial charge in [-0.1, -0.05) is 32.1 Å². The molecule has 11 heteroatoms. The van der Waals surface area contributed by atoms with Crippen LogP contribution in [0.25, 0.3) is 16.8 Å². The van der Waals surface area contributed by atoms with Gasteiger partial charge in [0.25, 0.3) is 5.91 Å². The lowest BCUT2D eigenvalue weighted by molar-refractivity contribution is -0.117. The number of hydrogen-bond acceptors (Lipinski definition) is 9. The number of rotatable bonds is 13. The van der Waals surface area contributed by atoms with Crippen LogP contribution in [0.4, 0.5) is 17.2 Å². The molecule has 46 heavy (non-hydrogen) atoms. The fourth-order valence-electron chi connectivity index (χ4n) is 5.21. The number of nitrogens with one attached hydrogen (secondary N) is 3. The highest BCUT2D eigenvalue weighted by Crippen LogP contribution is 2.41. The van der Waals surface area contributed by atoms with E-state index in [0.29, 0.717) is 23.7 Å². The Morgan fingerprint density at radius 3 is 2.54 bits per heavy atom. The molecule has 0 spiro atoms. The van der Waals surface area contributed by atoms with Crippen molar-refractivity contribution in [2.45, 2.75) is 46.1 Å². The number of hydrogen-bond donors (Lipinski definition) is 3. The molecule has 0 aliphatic heterocycles. The first-order valence-corrected chi connectivity index (χ1v) is 15.4. The quantitative estimate of drug-likeness (QED) is 0.171. The van der Waals surface area contributed by atoms with Crippen LogP contribution in [0.1, 0.15) is 59.2 Å². The molecule has 1 aliphatic rings. The molecule has 238 valence electrons. The fraction of sp³-hybridized carbons (Fsp3) is 0.314. The lowest BCUT2D eigenvalue weighted by atomic mass is 9.99. The summed E-state index contributed by atoms with van der Waals surface area (Å²) < 4.78 is 5.93. The molecular weight excluding hydrogens is 580 g/mol. The van der Waals surface area contributed by atoms with E-state index in [1.54, 1.807) is 19.4 Å². The lowest BCUT2D eigenvalue weighted by Gasteiger charge is -2.22. The zero-order valence-corrected chi connectivity index (χ0v) is 27.0.